The highest BCUT2D eigenvalue weighted by molar-refractivity contribution is 6.10. The van der Waals surface area contributed by atoms with Gasteiger partial charge < -0.3 is 9.47 Å². The first-order valence-corrected chi connectivity index (χ1v) is 8.05. The van der Waals surface area contributed by atoms with Crippen molar-refractivity contribution in [3.05, 3.63) is 64.2 Å². The summed E-state index contributed by atoms with van der Waals surface area (Å²) >= 11 is 0. The van der Waals surface area contributed by atoms with E-state index in [1.54, 1.807) is 0 Å². The molecule has 4 rings (SSSR count). The highest BCUT2D eigenvalue weighted by Crippen LogP contribution is 2.51. The zero-order chi connectivity index (χ0) is 17.1. The maximum atomic E-state index is 13.2. The summed E-state index contributed by atoms with van der Waals surface area (Å²) in [5.74, 6) is -2.11. The summed E-state index contributed by atoms with van der Waals surface area (Å²) < 4.78 is 11.6. The van der Waals surface area contributed by atoms with E-state index in [9.17, 15) is 9.59 Å². The summed E-state index contributed by atoms with van der Waals surface area (Å²) in [7, 11) is 0. The molecule has 2 atom stereocenters. The van der Waals surface area contributed by atoms with Crippen LogP contribution in [0.4, 0.5) is 0 Å². The third-order valence-electron chi connectivity index (χ3n) is 5.08. The first kappa shape index (κ1) is 14.9. The van der Waals surface area contributed by atoms with E-state index >= 15 is 0 Å². The van der Waals surface area contributed by atoms with Crippen LogP contribution in [-0.2, 0) is 9.53 Å². The summed E-state index contributed by atoms with van der Waals surface area (Å²) in [6.45, 7) is 5.80. The van der Waals surface area contributed by atoms with E-state index in [1.807, 2.05) is 57.2 Å². The molecule has 2 aliphatic heterocycles. The molecule has 4 heteroatoms. The smallest absolute Gasteiger partial charge is 0.326 e. The number of ether oxygens (including phenoxy) is 2. The van der Waals surface area contributed by atoms with Crippen LogP contribution in [0.25, 0.3) is 0 Å². The number of fused-ring (bicyclic) bond motifs is 1. The normalized spacial score (nSPS) is 24.9. The van der Waals surface area contributed by atoms with Crippen molar-refractivity contribution in [1.82, 2.24) is 0 Å². The van der Waals surface area contributed by atoms with Gasteiger partial charge in [0.05, 0.1) is 17.9 Å². The van der Waals surface area contributed by atoms with Crippen LogP contribution in [-0.4, -0.2) is 17.5 Å². The number of Topliss-reactive ketones (excluding diaryl/α,β-unsaturated/α-hetero) is 1. The Balaban J connectivity index is 1.89. The molecule has 122 valence electrons. The summed E-state index contributed by atoms with van der Waals surface area (Å²) in [5, 5.41) is 0. The molecule has 1 fully saturated rings. The van der Waals surface area contributed by atoms with Gasteiger partial charge in [-0.3, -0.25) is 9.59 Å². The van der Waals surface area contributed by atoms with E-state index < -0.39 is 17.7 Å². The average Bonchev–Trinajstić information content (AvgIpc) is 3.05. The van der Waals surface area contributed by atoms with Crippen LogP contribution in [0.15, 0.2) is 36.4 Å². The van der Waals surface area contributed by atoms with E-state index in [2.05, 4.69) is 0 Å². The maximum Gasteiger partial charge on any atom is 0.326 e. The Bertz CT molecular complexity index is 869. The zero-order valence-electron chi connectivity index (χ0n) is 13.9. The molecule has 0 aromatic heterocycles. The molecule has 2 aromatic rings. The largest absolute Gasteiger partial charge is 0.444 e. The van der Waals surface area contributed by atoms with Gasteiger partial charge in [0.15, 0.2) is 0 Å². The molecule has 4 nitrogen and oxygen atoms in total. The molecule has 0 radical (unpaired) electrons. The molecule has 0 bridgehead atoms. The minimum Gasteiger partial charge on any atom is -0.444 e. The number of ketones is 1. The Morgan fingerprint density at radius 2 is 1.71 bits per heavy atom. The second kappa shape index (κ2) is 4.94. The molecule has 24 heavy (non-hydrogen) atoms. The first-order valence-electron chi connectivity index (χ1n) is 8.05. The summed E-state index contributed by atoms with van der Waals surface area (Å²) in [5.41, 5.74) is 4.22. The highest BCUT2D eigenvalue weighted by atomic mass is 16.7. The van der Waals surface area contributed by atoms with E-state index in [4.69, 9.17) is 9.47 Å². The second-order valence-corrected chi connectivity index (χ2v) is 6.58. The van der Waals surface area contributed by atoms with Crippen LogP contribution in [0, 0.1) is 20.8 Å². The SMILES string of the molecule is Cc1cc(C)c2c(c1C)O[C@@]1(OC(=O)C[C@@H]1c1ccccc1)C2=O. The Labute approximate surface area is 140 Å². The number of carbonyl (C=O) groups excluding carboxylic acids is 2. The van der Waals surface area contributed by atoms with Gasteiger partial charge in [0.1, 0.15) is 5.75 Å². The van der Waals surface area contributed by atoms with Gasteiger partial charge in [-0.15, -0.1) is 0 Å². The van der Waals surface area contributed by atoms with Crippen molar-refractivity contribution in [1.29, 1.82) is 0 Å². The third kappa shape index (κ3) is 1.86. The number of hydrogen-bond donors (Lipinski definition) is 0. The maximum absolute atomic E-state index is 13.2. The molecule has 2 aliphatic rings. The molecule has 1 spiro atoms. The summed E-state index contributed by atoms with van der Waals surface area (Å²) in [4.78, 5) is 25.3. The van der Waals surface area contributed by atoms with E-state index in [0.717, 1.165) is 22.3 Å². The molecule has 0 amide bonds. The Kier molecular flexibility index (Phi) is 3.07. The molecule has 0 saturated carbocycles. The van der Waals surface area contributed by atoms with Gasteiger partial charge in [0.25, 0.3) is 5.78 Å². The van der Waals surface area contributed by atoms with Crippen LogP contribution >= 0.6 is 0 Å². The van der Waals surface area contributed by atoms with E-state index in [0.29, 0.717) is 11.3 Å². The molecular formula is C20H18O4. The van der Waals surface area contributed by atoms with Crippen molar-refractivity contribution in [2.24, 2.45) is 0 Å². The van der Waals surface area contributed by atoms with Crippen LogP contribution in [0.5, 0.6) is 5.75 Å². The monoisotopic (exact) mass is 322 g/mol. The number of rotatable bonds is 1. The molecule has 0 unspecified atom stereocenters. The van der Waals surface area contributed by atoms with Gasteiger partial charge in [-0.25, -0.2) is 0 Å². The molecular weight excluding hydrogens is 304 g/mol. The third-order valence-corrected chi connectivity index (χ3v) is 5.08. The number of esters is 1. The second-order valence-electron chi connectivity index (χ2n) is 6.58. The van der Waals surface area contributed by atoms with Gasteiger partial charge >= 0.3 is 11.8 Å². The molecule has 1 saturated heterocycles. The number of hydrogen-bond acceptors (Lipinski definition) is 4. The number of benzene rings is 2. The Morgan fingerprint density at radius 3 is 2.42 bits per heavy atom. The lowest BCUT2D eigenvalue weighted by Crippen LogP contribution is -2.44. The standard InChI is InChI=1S/C20H18O4/c1-11-9-12(2)17-18(13(11)3)24-20(19(17)22)15(10-16(21)23-20)14-7-5-4-6-8-14/h4-9,15H,10H2,1-3H3/t15-,20-/m1/s1. The lowest BCUT2D eigenvalue weighted by Gasteiger charge is -2.27. The molecule has 0 N–H and O–H groups in total. The van der Waals surface area contributed by atoms with Gasteiger partial charge in [0.2, 0.25) is 0 Å². The predicted octanol–water partition coefficient (Wildman–Crippen LogP) is 3.61. The fraction of sp³-hybridized carbons (Fsp3) is 0.300. The average molecular weight is 322 g/mol. The molecule has 0 aliphatic carbocycles. The van der Waals surface area contributed by atoms with E-state index in [1.165, 1.54) is 0 Å². The number of aryl methyl sites for hydroxylation is 2. The van der Waals surface area contributed by atoms with Crippen LogP contribution in [0.1, 0.15) is 45.0 Å². The number of carbonyl (C=O) groups is 2. The van der Waals surface area contributed by atoms with E-state index in [-0.39, 0.29) is 12.2 Å². The summed E-state index contributed by atoms with van der Waals surface area (Å²) in [6, 6.07) is 11.5. The van der Waals surface area contributed by atoms with Crippen LogP contribution in [0.3, 0.4) is 0 Å². The van der Waals surface area contributed by atoms with Gasteiger partial charge in [-0.1, -0.05) is 36.4 Å². The summed E-state index contributed by atoms with van der Waals surface area (Å²) in [6.07, 6.45) is 0.140. The quantitative estimate of drug-likeness (QED) is 0.753. The van der Waals surface area contributed by atoms with Crippen molar-refractivity contribution in [2.45, 2.75) is 38.9 Å². The first-order chi connectivity index (χ1) is 11.4. The van der Waals surface area contributed by atoms with Crippen molar-refractivity contribution < 1.29 is 19.1 Å². The predicted molar refractivity (Wildman–Crippen MR) is 88.2 cm³/mol. The van der Waals surface area contributed by atoms with Crippen molar-refractivity contribution in [3.8, 4) is 5.75 Å². The fourth-order valence-electron chi connectivity index (χ4n) is 3.73. The highest BCUT2D eigenvalue weighted by Gasteiger charge is 2.62. The van der Waals surface area contributed by atoms with Crippen molar-refractivity contribution in [3.63, 3.8) is 0 Å². The van der Waals surface area contributed by atoms with Gasteiger partial charge in [-0.05, 0) is 43.0 Å². The zero-order valence-corrected chi connectivity index (χ0v) is 13.9. The van der Waals surface area contributed by atoms with Crippen LogP contribution < -0.4 is 4.74 Å². The van der Waals surface area contributed by atoms with Crippen molar-refractivity contribution >= 4 is 11.8 Å². The Hall–Kier alpha value is -2.62. The minimum atomic E-state index is -1.57. The van der Waals surface area contributed by atoms with Crippen molar-refractivity contribution in [2.75, 3.05) is 0 Å². The molecule has 2 heterocycles. The lowest BCUT2D eigenvalue weighted by molar-refractivity contribution is -0.164. The lowest BCUT2D eigenvalue weighted by atomic mass is 9.85. The van der Waals surface area contributed by atoms with Crippen LogP contribution in [0.2, 0.25) is 0 Å². The molecule has 2 aromatic carbocycles. The minimum absolute atomic E-state index is 0.140. The van der Waals surface area contributed by atoms with Gasteiger partial charge in [0, 0.05) is 0 Å². The topological polar surface area (TPSA) is 52.6 Å². The fourth-order valence-corrected chi connectivity index (χ4v) is 3.73. The van der Waals surface area contributed by atoms with Gasteiger partial charge in [-0.2, -0.15) is 0 Å². The Morgan fingerprint density at radius 1 is 1.00 bits per heavy atom.